The molecule has 3 aromatic rings. The molecule has 0 fully saturated rings. The van der Waals surface area contributed by atoms with Crippen LogP contribution < -0.4 is 4.90 Å². The maximum absolute atomic E-state index is 13.5. The Hall–Kier alpha value is -2.29. The van der Waals surface area contributed by atoms with Gasteiger partial charge >= 0.3 is 0 Å². The summed E-state index contributed by atoms with van der Waals surface area (Å²) in [4.78, 5) is 22.3. The van der Waals surface area contributed by atoms with Crippen LogP contribution in [0.5, 0.6) is 0 Å². The second-order valence-corrected chi connectivity index (χ2v) is 11.0. The van der Waals surface area contributed by atoms with Gasteiger partial charge in [-0.15, -0.1) is 0 Å². The third-order valence-electron chi connectivity index (χ3n) is 5.68. The van der Waals surface area contributed by atoms with Crippen molar-refractivity contribution in [3.8, 4) is 0 Å². The molecule has 6 nitrogen and oxygen atoms in total. The van der Waals surface area contributed by atoms with E-state index in [-0.39, 0.29) is 17.2 Å². The first-order valence-corrected chi connectivity index (χ1v) is 13.5. The van der Waals surface area contributed by atoms with Crippen LogP contribution in [0, 0.1) is 13.8 Å². The molecule has 0 aliphatic rings. The minimum atomic E-state index is -3.42. The van der Waals surface area contributed by atoms with Gasteiger partial charge in [-0.25, -0.2) is 13.4 Å². The fraction of sp³-hybridized carbons (Fsp3) is 0.417. The highest BCUT2D eigenvalue weighted by atomic mass is 32.2. The van der Waals surface area contributed by atoms with Crippen LogP contribution in [-0.2, 0) is 21.1 Å². The second kappa shape index (κ2) is 10.1. The van der Waals surface area contributed by atoms with E-state index in [0.717, 1.165) is 41.0 Å². The molecule has 0 unspecified atom stereocenters. The van der Waals surface area contributed by atoms with Gasteiger partial charge in [0.25, 0.3) is 0 Å². The summed E-state index contributed by atoms with van der Waals surface area (Å²) < 4.78 is 25.2. The zero-order chi connectivity index (χ0) is 23.5. The van der Waals surface area contributed by atoms with Crippen LogP contribution in [0.25, 0.3) is 10.2 Å². The number of rotatable bonds is 9. The fourth-order valence-electron chi connectivity index (χ4n) is 3.74. The van der Waals surface area contributed by atoms with Crippen LogP contribution in [0.3, 0.4) is 0 Å². The number of amides is 1. The van der Waals surface area contributed by atoms with Gasteiger partial charge in [-0.05, 0) is 50.2 Å². The molecule has 0 saturated heterocycles. The number of hydrogen-bond acceptors (Lipinski definition) is 6. The zero-order valence-corrected chi connectivity index (χ0v) is 21.0. The molecule has 1 heterocycles. The highest BCUT2D eigenvalue weighted by Crippen LogP contribution is 2.33. The Bertz CT molecular complexity index is 1210. The van der Waals surface area contributed by atoms with Crippen molar-refractivity contribution in [3.05, 3.63) is 53.1 Å². The first-order chi connectivity index (χ1) is 15.1. The molecule has 0 aliphatic carbocycles. The van der Waals surface area contributed by atoms with Gasteiger partial charge in [0.2, 0.25) is 5.91 Å². The number of anilines is 1. The van der Waals surface area contributed by atoms with Gasteiger partial charge in [-0.2, -0.15) is 0 Å². The molecule has 32 heavy (non-hydrogen) atoms. The van der Waals surface area contributed by atoms with Crippen LogP contribution in [0.2, 0.25) is 0 Å². The Balaban J connectivity index is 1.99. The number of benzene rings is 2. The number of carbonyl (C=O) groups excluding carboxylic acids is 1. The molecule has 0 bridgehead atoms. The van der Waals surface area contributed by atoms with Crippen LogP contribution in [-0.4, -0.2) is 56.6 Å². The SMILES string of the molecule is CCN(CC)CCN(C(=O)Cc1ccc(C)cc1C)c1nc2c(S(C)(=O)=O)cccc2s1. The normalized spacial score (nSPS) is 11.9. The Labute approximate surface area is 194 Å². The molecule has 0 saturated carbocycles. The number of sulfone groups is 1. The highest BCUT2D eigenvalue weighted by molar-refractivity contribution is 7.91. The second-order valence-electron chi connectivity index (χ2n) is 8.05. The quantitative estimate of drug-likeness (QED) is 0.465. The average molecular weight is 474 g/mol. The van der Waals surface area contributed by atoms with Gasteiger partial charge in [0.15, 0.2) is 15.0 Å². The highest BCUT2D eigenvalue weighted by Gasteiger charge is 2.23. The van der Waals surface area contributed by atoms with Crippen LogP contribution >= 0.6 is 11.3 Å². The van der Waals surface area contributed by atoms with E-state index >= 15 is 0 Å². The van der Waals surface area contributed by atoms with Crippen molar-refractivity contribution in [2.24, 2.45) is 0 Å². The lowest BCUT2D eigenvalue weighted by atomic mass is 10.0. The topological polar surface area (TPSA) is 70.6 Å². The molecule has 172 valence electrons. The van der Waals surface area contributed by atoms with Gasteiger partial charge in [-0.3, -0.25) is 9.69 Å². The standard InChI is InChI=1S/C24H31N3O3S2/c1-6-26(7-2)13-14-27(22(28)16-19-12-11-17(3)15-18(19)4)24-25-23-20(31-24)9-8-10-21(23)32(5,29)30/h8-12,15H,6-7,13-14,16H2,1-5H3. The summed E-state index contributed by atoms with van der Waals surface area (Å²) in [7, 11) is -3.42. The van der Waals surface area contributed by atoms with Gasteiger partial charge in [0.1, 0.15) is 5.52 Å². The fourth-order valence-corrected chi connectivity index (χ4v) is 5.67. The maximum Gasteiger partial charge on any atom is 0.233 e. The third-order valence-corrected chi connectivity index (χ3v) is 7.85. The minimum absolute atomic E-state index is 0.0379. The van der Waals surface area contributed by atoms with Gasteiger partial charge in [-0.1, -0.05) is 55.0 Å². The molecule has 0 radical (unpaired) electrons. The average Bonchev–Trinajstić information content (AvgIpc) is 3.16. The van der Waals surface area contributed by atoms with E-state index < -0.39 is 9.84 Å². The number of para-hydroxylation sites is 1. The van der Waals surface area contributed by atoms with Crippen molar-refractivity contribution in [1.82, 2.24) is 9.88 Å². The largest absolute Gasteiger partial charge is 0.302 e. The third kappa shape index (κ3) is 5.54. The van der Waals surface area contributed by atoms with Crippen molar-refractivity contribution in [2.75, 3.05) is 37.3 Å². The van der Waals surface area contributed by atoms with Crippen molar-refractivity contribution in [1.29, 1.82) is 0 Å². The predicted molar refractivity (Wildman–Crippen MR) is 132 cm³/mol. The number of carbonyl (C=O) groups is 1. The van der Waals surface area contributed by atoms with E-state index in [1.165, 1.54) is 17.6 Å². The van der Waals surface area contributed by atoms with Crippen LogP contribution in [0.4, 0.5) is 5.13 Å². The smallest absolute Gasteiger partial charge is 0.233 e. The number of hydrogen-bond donors (Lipinski definition) is 0. The lowest BCUT2D eigenvalue weighted by molar-refractivity contribution is -0.118. The lowest BCUT2D eigenvalue weighted by Gasteiger charge is -2.25. The Morgan fingerprint density at radius 2 is 1.78 bits per heavy atom. The summed E-state index contributed by atoms with van der Waals surface area (Å²) in [6.07, 6.45) is 1.46. The van der Waals surface area contributed by atoms with Gasteiger partial charge < -0.3 is 4.90 Å². The van der Waals surface area contributed by atoms with E-state index in [4.69, 9.17) is 0 Å². The summed E-state index contributed by atoms with van der Waals surface area (Å²) >= 11 is 1.36. The molecule has 3 rings (SSSR count). The van der Waals surface area contributed by atoms with E-state index in [1.807, 2.05) is 32.0 Å². The summed E-state index contributed by atoms with van der Waals surface area (Å²) in [6, 6.07) is 11.2. The Morgan fingerprint density at radius 1 is 1.06 bits per heavy atom. The maximum atomic E-state index is 13.5. The van der Waals surface area contributed by atoms with Gasteiger partial charge in [0.05, 0.1) is 16.0 Å². The first kappa shape index (κ1) is 24.4. The lowest BCUT2D eigenvalue weighted by Crippen LogP contribution is -2.39. The molecule has 2 aromatic carbocycles. The number of aromatic nitrogens is 1. The Kier molecular flexibility index (Phi) is 7.69. The van der Waals surface area contributed by atoms with Gasteiger partial charge in [0, 0.05) is 19.3 Å². The minimum Gasteiger partial charge on any atom is -0.302 e. The van der Waals surface area contributed by atoms with Crippen molar-refractivity contribution >= 4 is 42.4 Å². The first-order valence-electron chi connectivity index (χ1n) is 10.8. The molecular formula is C24H31N3O3S2. The van der Waals surface area contributed by atoms with E-state index in [2.05, 4.69) is 29.8 Å². The van der Waals surface area contributed by atoms with Crippen molar-refractivity contribution < 1.29 is 13.2 Å². The summed E-state index contributed by atoms with van der Waals surface area (Å²) in [5.41, 5.74) is 3.68. The molecule has 1 aromatic heterocycles. The number of thiazole rings is 1. The summed E-state index contributed by atoms with van der Waals surface area (Å²) in [6.45, 7) is 11.3. The molecule has 8 heteroatoms. The van der Waals surface area contributed by atoms with E-state index in [9.17, 15) is 13.2 Å². The van der Waals surface area contributed by atoms with E-state index in [1.54, 1.807) is 17.0 Å². The number of fused-ring (bicyclic) bond motifs is 1. The number of nitrogens with zero attached hydrogens (tertiary/aromatic N) is 3. The molecular weight excluding hydrogens is 442 g/mol. The van der Waals surface area contributed by atoms with Crippen molar-refractivity contribution in [3.63, 3.8) is 0 Å². The predicted octanol–water partition coefficient (Wildman–Crippen LogP) is 4.23. The molecule has 0 N–H and O–H groups in total. The number of likely N-dealkylation sites (N-methyl/N-ethyl adjacent to an activating group) is 1. The van der Waals surface area contributed by atoms with Crippen LogP contribution in [0.15, 0.2) is 41.3 Å². The molecule has 0 aliphatic heterocycles. The molecule has 1 amide bonds. The summed E-state index contributed by atoms with van der Waals surface area (Å²) in [5.74, 6) is -0.0379. The molecule has 0 atom stereocenters. The van der Waals surface area contributed by atoms with Crippen molar-refractivity contribution in [2.45, 2.75) is 39.0 Å². The monoisotopic (exact) mass is 473 g/mol. The summed E-state index contributed by atoms with van der Waals surface area (Å²) in [5, 5.41) is 0.540. The zero-order valence-electron chi connectivity index (χ0n) is 19.4. The van der Waals surface area contributed by atoms with Crippen LogP contribution in [0.1, 0.15) is 30.5 Å². The Morgan fingerprint density at radius 3 is 2.41 bits per heavy atom. The number of aryl methyl sites for hydroxylation is 2. The van der Waals surface area contributed by atoms with E-state index in [0.29, 0.717) is 17.2 Å². The molecule has 0 spiro atoms.